The van der Waals surface area contributed by atoms with Crippen molar-refractivity contribution in [1.29, 1.82) is 0 Å². The first kappa shape index (κ1) is 19.9. The van der Waals surface area contributed by atoms with Crippen LogP contribution in [0.5, 0.6) is 0 Å². The third-order valence-electron chi connectivity index (χ3n) is 4.53. The van der Waals surface area contributed by atoms with Gasteiger partial charge in [0.2, 0.25) is 5.91 Å². The number of benzene rings is 2. The number of amides is 1. The van der Waals surface area contributed by atoms with Crippen LogP contribution in [0, 0.1) is 12.7 Å². The summed E-state index contributed by atoms with van der Waals surface area (Å²) < 4.78 is 21.2. The van der Waals surface area contributed by atoms with Crippen molar-refractivity contribution in [2.24, 2.45) is 0 Å². The predicted octanol–water partition coefficient (Wildman–Crippen LogP) is 5.09. The van der Waals surface area contributed by atoms with Crippen LogP contribution in [0.4, 0.5) is 10.1 Å². The summed E-state index contributed by atoms with van der Waals surface area (Å²) in [5, 5.41) is 11.3. The number of nitrogens with zero attached hydrogens (tertiary/aromatic N) is 3. The quantitative estimate of drug-likeness (QED) is 0.438. The number of aromatic nitrogens is 3. The number of nitrogens with one attached hydrogen (secondary N) is 1. The Labute approximate surface area is 177 Å². The summed E-state index contributed by atoms with van der Waals surface area (Å²) in [7, 11) is 0. The van der Waals surface area contributed by atoms with Crippen molar-refractivity contribution in [3.63, 3.8) is 0 Å². The molecule has 30 heavy (non-hydrogen) atoms. The molecule has 0 saturated heterocycles. The summed E-state index contributed by atoms with van der Waals surface area (Å²) in [6.45, 7) is 3.60. The molecule has 1 atom stereocenters. The van der Waals surface area contributed by atoms with Gasteiger partial charge in [0.05, 0.1) is 22.8 Å². The maximum absolute atomic E-state index is 13.9. The minimum Gasteiger partial charge on any atom is -0.469 e. The van der Waals surface area contributed by atoms with E-state index in [0.29, 0.717) is 11.0 Å². The number of hydrogen-bond acceptors (Lipinski definition) is 5. The van der Waals surface area contributed by atoms with Gasteiger partial charge in [-0.3, -0.25) is 9.36 Å². The predicted molar refractivity (Wildman–Crippen MR) is 114 cm³/mol. The molecule has 0 spiro atoms. The van der Waals surface area contributed by atoms with Crippen LogP contribution in [0.2, 0.25) is 0 Å². The van der Waals surface area contributed by atoms with Gasteiger partial charge in [-0.05, 0) is 44.2 Å². The van der Waals surface area contributed by atoms with Crippen molar-refractivity contribution < 1.29 is 13.6 Å². The third kappa shape index (κ3) is 3.99. The van der Waals surface area contributed by atoms with Crippen molar-refractivity contribution in [3.05, 3.63) is 78.5 Å². The van der Waals surface area contributed by atoms with Crippen molar-refractivity contribution in [1.82, 2.24) is 14.8 Å². The fraction of sp³-hybridized carbons (Fsp3) is 0.136. The summed E-state index contributed by atoms with van der Waals surface area (Å²) in [6.07, 6.45) is 1.60. The van der Waals surface area contributed by atoms with Crippen LogP contribution in [-0.2, 0) is 4.79 Å². The van der Waals surface area contributed by atoms with Crippen LogP contribution in [0.3, 0.4) is 0 Å². The number of carbonyl (C=O) groups is 1. The average Bonchev–Trinajstić information content (AvgIpc) is 3.36. The van der Waals surface area contributed by atoms with Gasteiger partial charge in [-0.2, -0.15) is 0 Å². The molecule has 0 aliphatic heterocycles. The Morgan fingerprint density at radius 1 is 1.10 bits per heavy atom. The van der Waals surface area contributed by atoms with E-state index >= 15 is 0 Å². The van der Waals surface area contributed by atoms with Crippen LogP contribution in [0.1, 0.15) is 12.7 Å². The van der Waals surface area contributed by atoms with Crippen LogP contribution < -0.4 is 5.32 Å². The number of rotatable bonds is 6. The first-order valence-corrected chi connectivity index (χ1v) is 10.2. The largest absolute Gasteiger partial charge is 0.469 e. The lowest BCUT2D eigenvalue weighted by molar-refractivity contribution is -0.115. The summed E-state index contributed by atoms with van der Waals surface area (Å²) in [5.74, 6) is 0.542. The van der Waals surface area contributed by atoms with Gasteiger partial charge >= 0.3 is 0 Å². The molecule has 2 aromatic carbocycles. The Kier molecular flexibility index (Phi) is 5.67. The summed E-state index contributed by atoms with van der Waals surface area (Å²) >= 11 is 1.25. The summed E-state index contributed by atoms with van der Waals surface area (Å²) in [6, 6.07) is 17.6. The second-order valence-corrected chi connectivity index (χ2v) is 7.90. The number of thioether (sulfide) groups is 1. The molecule has 0 bridgehead atoms. The molecule has 4 rings (SSSR count). The van der Waals surface area contributed by atoms with E-state index in [1.165, 1.54) is 23.9 Å². The zero-order valence-electron chi connectivity index (χ0n) is 16.4. The molecule has 4 aromatic rings. The molecule has 0 aliphatic rings. The molecule has 8 heteroatoms. The molecule has 1 unspecified atom stereocenters. The van der Waals surface area contributed by atoms with Crippen LogP contribution in [0.15, 0.2) is 76.5 Å². The number of para-hydroxylation sites is 2. The van der Waals surface area contributed by atoms with Gasteiger partial charge in [-0.1, -0.05) is 42.1 Å². The molecular weight excluding hydrogens is 403 g/mol. The Hall–Kier alpha value is -3.39. The molecular formula is C22H19FN4O2S. The summed E-state index contributed by atoms with van der Waals surface area (Å²) in [4.78, 5) is 12.6. The zero-order valence-corrected chi connectivity index (χ0v) is 17.2. The maximum atomic E-state index is 13.9. The lowest BCUT2D eigenvalue weighted by Crippen LogP contribution is -2.23. The van der Waals surface area contributed by atoms with E-state index in [1.807, 2.05) is 47.9 Å². The standard InChI is InChI=1S/C22H19FN4O2S/c1-14-17(12-13-29-14)20-25-26-22(27(20)16-8-4-3-5-9-16)30-15(2)21(28)24-19-11-7-6-10-18(19)23/h3-13,15H,1-2H3,(H,24,28). The number of furan rings is 1. The highest BCUT2D eigenvalue weighted by atomic mass is 32.2. The van der Waals surface area contributed by atoms with E-state index in [2.05, 4.69) is 15.5 Å². The first-order valence-electron chi connectivity index (χ1n) is 9.32. The van der Waals surface area contributed by atoms with Gasteiger partial charge < -0.3 is 9.73 Å². The van der Waals surface area contributed by atoms with E-state index < -0.39 is 11.1 Å². The number of halogens is 1. The van der Waals surface area contributed by atoms with Gasteiger partial charge in [-0.25, -0.2) is 4.39 Å². The van der Waals surface area contributed by atoms with E-state index in [9.17, 15) is 9.18 Å². The Morgan fingerprint density at radius 3 is 2.53 bits per heavy atom. The van der Waals surface area contributed by atoms with E-state index in [0.717, 1.165) is 17.0 Å². The number of aryl methyl sites for hydroxylation is 1. The molecule has 1 N–H and O–H groups in total. The highest BCUT2D eigenvalue weighted by Gasteiger charge is 2.23. The van der Waals surface area contributed by atoms with Crippen LogP contribution in [0.25, 0.3) is 17.1 Å². The molecule has 0 fully saturated rings. The molecule has 6 nitrogen and oxygen atoms in total. The molecule has 2 heterocycles. The Balaban J connectivity index is 1.64. The smallest absolute Gasteiger partial charge is 0.237 e. The van der Waals surface area contributed by atoms with Crippen molar-refractivity contribution in [2.45, 2.75) is 24.3 Å². The number of anilines is 1. The second kappa shape index (κ2) is 8.54. The molecule has 0 aliphatic carbocycles. The van der Waals surface area contributed by atoms with E-state index in [1.54, 1.807) is 25.3 Å². The van der Waals surface area contributed by atoms with Crippen molar-refractivity contribution in [3.8, 4) is 17.1 Å². The molecule has 0 saturated carbocycles. The second-order valence-electron chi connectivity index (χ2n) is 6.60. The minimum absolute atomic E-state index is 0.147. The molecule has 0 radical (unpaired) electrons. The van der Waals surface area contributed by atoms with Gasteiger partial charge in [0, 0.05) is 5.69 Å². The lowest BCUT2D eigenvalue weighted by atomic mass is 10.2. The number of hydrogen-bond donors (Lipinski definition) is 1. The van der Waals surface area contributed by atoms with E-state index in [-0.39, 0.29) is 11.6 Å². The van der Waals surface area contributed by atoms with Crippen molar-refractivity contribution in [2.75, 3.05) is 5.32 Å². The van der Waals surface area contributed by atoms with Crippen LogP contribution in [-0.4, -0.2) is 25.9 Å². The summed E-state index contributed by atoms with van der Waals surface area (Å²) in [5.41, 5.74) is 1.83. The van der Waals surface area contributed by atoms with Crippen molar-refractivity contribution >= 4 is 23.4 Å². The van der Waals surface area contributed by atoms with Gasteiger partial charge in [0.15, 0.2) is 11.0 Å². The monoisotopic (exact) mass is 422 g/mol. The minimum atomic E-state index is -0.533. The van der Waals surface area contributed by atoms with Gasteiger partial charge in [0.1, 0.15) is 11.6 Å². The lowest BCUT2D eigenvalue weighted by Gasteiger charge is -2.14. The fourth-order valence-electron chi connectivity index (χ4n) is 2.96. The topological polar surface area (TPSA) is 72.9 Å². The van der Waals surface area contributed by atoms with Gasteiger partial charge in [-0.15, -0.1) is 10.2 Å². The SMILES string of the molecule is Cc1occc1-c1nnc(SC(C)C(=O)Nc2ccccc2F)n1-c1ccccc1. The van der Waals surface area contributed by atoms with E-state index in [4.69, 9.17) is 4.42 Å². The Bertz CT molecular complexity index is 1170. The van der Waals surface area contributed by atoms with Gasteiger partial charge in [0.25, 0.3) is 0 Å². The highest BCUT2D eigenvalue weighted by molar-refractivity contribution is 8.00. The molecule has 2 aromatic heterocycles. The third-order valence-corrected chi connectivity index (χ3v) is 5.57. The molecule has 1 amide bonds. The van der Waals surface area contributed by atoms with Crippen LogP contribution >= 0.6 is 11.8 Å². The zero-order chi connectivity index (χ0) is 21.1. The fourth-order valence-corrected chi connectivity index (χ4v) is 3.82. The number of carbonyl (C=O) groups excluding carboxylic acids is 1. The first-order chi connectivity index (χ1) is 14.5. The average molecular weight is 422 g/mol. The molecule has 152 valence electrons. The normalized spacial score (nSPS) is 12.0. The highest BCUT2D eigenvalue weighted by Crippen LogP contribution is 2.32. The Morgan fingerprint density at radius 2 is 1.83 bits per heavy atom. The maximum Gasteiger partial charge on any atom is 0.237 e.